The second-order valence-corrected chi connectivity index (χ2v) is 3.24. The molecule has 0 amide bonds. The maximum Gasteiger partial charge on any atom is 0.216 e. The standard InChI is InChI=1S/C10H12FNO2/c11-9-4-1-5-10(12-9)14-7-8-3-2-6-13-8/h1,4-5,8H,2-3,6-7H2. The number of pyridine rings is 1. The Bertz CT molecular complexity index is 300. The Morgan fingerprint density at radius 1 is 1.57 bits per heavy atom. The number of hydrogen-bond donors (Lipinski definition) is 0. The third kappa shape index (κ3) is 2.42. The molecule has 2 rings (SSSR count). The van der Waals surface area contributed by atoms with Gasteiger partial charge < -0.3 is 9.47 Å². The van der Waals surface area contributed by atoms with Crippen LogP contribution in [0.25, 0.3) is 0 Å². The van der Waals surface area contributed by atoms with Gasteiger partial charge in [-0.1, -0.05) is 6.07 Å². The fourth-order valence-electron chi connectivity index (χ4n) is 1.42. The average Bonchev–Trinajstić information content (AvgIpc) is 2.67. The Kier molecular flexibility index (Phi) is 2.93. The molecule has 2 heterocycles. The summed E-state index contributed by atoms with van der Waals surface area (Å²) in [7, 11) is 0. The molecule has 76 valence electrons. The van der Waals surface area contributed by atoms with Crippen molar-refractivity contribution in [3.8, 4) is 5.88 Å². The highest BCUT2D eigenvalue weighted by Crippen LogP contribution is 2.14. The highest BCUT2D eigenvalue weighted by Gasteiger charge is 2.16. The molecule has 1 atom stereocenters. The Morgan fingerprint density at radius 2 is 2.50 bits per heavy atom. The van der Waals surface area contributed by atoms with E-state index in [4.69, 9.17) is 9.47 Å². The summed E-state index contributed by atoms with van der Waals surface area (Å²) in [5, 5.41) is 0. The summed E-state index contributed by atoms with van der Waals surface area (Å²) in [6, 6.07) is 4.50. The molecule has 0 spiro atoms. The van der Waals surface area contributed by atoms with E-state index in [0.29, 0.717) is 12.5 Å². The zero-order chi connectivity index (χ0) is 9.80. The number of rotatable bonds is 3. The molecule has 4 heteroatoms. The van der Waals surface area contributed by atoms with E-state index in [-0.39, 0.29) is 6.10 Å². The van der Waals surface area contributed by atoms with Gasteiger partial charge in [-0.2, -0.15) is 9.37 Å². The molecule has 0 radical (unpaired) electrons. The fraction of sp³-hybridized carbons (Fsp3) is 0.500. The number of hydrogen-bond acceptors (Lipinski definition) is 3. The minimum absolute atomic E-state index is 0.139. The van der Waals surface area contributed by atoms with Crippen LogP contribution in [0.1, 0.15) is 12.8 Å². The molecule has 1 unspecified atom stereocenters. The van der Waals surface area contributed by atoms with Crippen molar-refractivity contribution < 1.29 is 13.9 Å². The largest absolute Gasteiger partial charge is 0.475 e. The summed E-state index contributed by atoms with van der Waals surface area (Å²) in [6.45, 7) is 1.25. The monoisotopic (exact) mass is 197 g/mol. The van der Waals surface area contributed by atoms with E-state index in [1.165, 1.54) is 6.07 Å². The molecule has 0 bridgehead atoms. The molecular formula is C10H12FNO2. The van der Waals surface area contributed by atoms with Crippen molar-refractivity contribution in [1.82, 2.24) is 4.98 Å². The molecule has 1 aliphatic heterocycles. The predicted molar refractivity (Wildman–Crippen MR) is 48.7 cm³/mol. The molecule has 0 aliphatic carbocycles. The molecular weight excluding hydrogens is 185 g/mol. The smallest absolute Gasteiger partial charge is 0.216 e. The van der Waals surface area contributed by atoms with Crippen LogP contribution in [0.4, 0.5) is 4.39 Å². The average molecular weight is 197 g/mol. The van der Waals surface area contributed by atoms with E-state index in [9.17, 15) is 4.39 Å². The molecule has 3 nitrogen and oxygen atoms in total. The molecule has 0 aromatic carbocycles. The summed E-state index contributed by atoms with van der Waals surface area (Å²) >= 11 is 0. The molecule has 1 saturated heterocycles. The first kappa shape index (κ1) is 9.40. The van der Waals surface area contributed by atoms with Gasteiger partial charge in [0.15, 0.2) is 0 Å². The van der Waals surface area contributed by atoms with Gasteiger partial charge >= 0.3 is 0 Å². The predicted octanol–water partition coefficient (Wildman–Crippen LogP) is 1.78. The Balaban J connectivity index is 1.85. The summed E-state index contributed by atoms with van der Waals surface area (Å²) in [5.41, 5.74) is 0. The second-order valence-electron chi connectivity index (χ2n) is 3.24. The van der Waals surface area contributed by atoms with Crippen LogP contribution >= 0.6 is 0 Å². The van der Waals surface area contributed by atoms with E-state index in [0.717, 1.165) is 19.4 Å². The molecule has 1 aliphatic rings. The van der Waals surface area contributed by atoms with Crippen molar-refractivity contribution in [2.24, 2.45) is 0 Å². The maximum atomic E-state index is 12.6. The van der Waals surface area contributed by atoms with Crippen LogP contribution in [-0.4, -0.2) is 24.3 Å². The van der Waals surface area contributed by atoms with E-state index >= 15 is 0 Å². The molecule has 1 aromatic rings. The lowest BCUT2D eigenvalue weighted by Crippen LogP contribution is -2.16. The van der Waals surface area contributed by atoms with E-state index in [1.807, 2.05) is 0 Å². The minimum atomic E-state index is -0.519. The van der Waals surface area contributed by atoms with E-state index in [1.54, 1.807) is 12.1 Å². The molecule has 1 aromatic heterocycles. The summed E-state index contributed by atoms with van der Waals surface area (Å²) < 4.78 is 23.3. The van der Waals surface area contributed by atoms with Crippen LogP contribution in [0.3, 0.4) is 0 Å². The lowest BCUT2D eigenvalue weighted by Gasteiger charge is -2.10. The third-order valence-corrected chi connectivity index (χ3v) is 2.13. The Labute approximate surface area is 81.9 Å². The van der Waals surface area contributed by atoms with Crippen molar-refractivity contribution >= 4 is 0 Å². The first-order chi connectivity index (χ1) is 6.84. The van der Waals surface area contributed by atoms with E-state index < -0.39 is 5.95 Å². The lowest BCUT2D eigenvalue weighted by molar-refractivity contribution is 0.0660. The van der Waals surface area contributed by atoms with Gasteiger partial charge in [0.2, 0.25) is 11.8 Å². The van der Waals surface area contributed by atoms with E-state index in [2.05, 4.69) is 4.98 Å². The number of ether oxygens (including phenoxy) is 2. The van der Waals surface area contributed by atoms with Gasteiger partial charge in [-0.3, -0.25) is 0 Å². The summed E-state index contributed by atoms with van der Waals surface area (Å²) in [4.78, 5) is 3.59. The van der Waals surface area contributed by atoms with Gasteiger partial charge in [-0.15, -0.1) is 0 Å². The lowest BCUT2D eigenvalue weighted by atomic mass is 10.2. The summed E-state index contributed by atoms with van der Waals surface area (Å²) in [5.74, 6) is -0.199. The molecule has 0 saturated carbocycles. The Morgan fingerprint density at radius 3 is 3.21 bits per heavy atom. The number of halogens is 1. The van der Waals surface area contributed by atoms with Crippen LogP contribution in [0.15, 0.2) is 18.2 Å². The minimum Gasteiger partial charge on any atom is -0.475 e. The first-order valence-electron chi connectivity index (χ1n) is 4.71. The van der Waals surface area contributed by atoms with Crippen LogP contribution in [0.2, 0.25) is 0 Å². The first-order valence-corrected chi connectivity index (χ1v) is 4.71. The zero-order valence-electron chi connectivity index (χ0n) is 7.78. The van der Waals surface area contributed by atoms with Gasteiger partial charge in [0.05, 0.1) is 6.10 Å². The van der Waals surface area contributed by atoms with Gasteiger partial charge in [0.1, 0.15) is 6.61 Å². The number of aromatic nitrogens is 1. The third-order valence-electron chi connectivity index (χ3n) is 2.13. The Hall–Kier alpha value is -1.16. The topological polar surface area (TPSA) is 31.4 Å². The highest BCUT2D eigenvalue weighted by atomic mass is 19.1. The quantitative estimate of drug-likeness (QED) is 0.692. The van der Waals surface area contributed by atoms with Crippen LogP contribution in [-0.2, 0) is 4.74 Å². The number of nitrogens with zero attached hydrogens (tertiary/aromatic N) is 1. The second kappa shape index (κ2) is 4.37. The SMILES string of the molecule is Fc1cccc(OCC2CCCO2)n1. The molecule has 0 N–H and O–H groups in total. The highest BCUT2D eigenvalue weighted by molar-refractivity contribution is 5.10. The van der Waals surface area contributed by atoms with Crippen molar-refractivity contribution in [2.75, 3.05) is 13.2 Å². The summed E-state index contributed by atoms with van der Waals surface area (Å²) in [6.07, 6.45) is 2.22. The van der Waals surface area contributed by atoms with Crippen molar-refractivity contribution in [1.29, 1.82) is 0 Å². The normalized spacial score (nSPS) is 21.1. The zero-order valence-corrected chi connectivity index (χ0v) is 7.78. The molecule has 14 heavy (non-hydrogen) atoms. The van der Waals surface area contributed by atoms with Gasteiger partial charge in [0, 0.05) is 12.7 Å². The molecule has 1 fully saturated rings. The van der Waals surface area contributed by atoms with Gasteiger partial charge in [-0.05, 0) is 18.9 Å². The van der Waals surface area contributed by atoms with Crippen molar-refractivity contribution in [3.05, 3.63) is 24.1 Å². The van der Waals surface area contributed by atoms with Crippen LogP contribution in [0, 0.1) is 5.95 Å². The van der Waals surface area contributed by atoms with Crippen molar-refractivity contribution in [2.45, 2.75) is 18.9 Å². The maximum absolute atomic E-state index is 12.6. The van der Waals surface area contributed by atoms with Crippen molar-refractivity contribution in [3.63, 3.8) is 0 Å². The van der Waals surface area contributed by atoms with Gasteiger partial charge in [0.25, 0.3) is 0 Å². The van der Waals surface area contributed by atoms with Crippen LogP contribution < -0.4 is 4.74 Å². The van der Waals surface area contributed by atoms with Crippen LogP contribution in [0.5, 0.6) is 5.88 Å². The van der Waals surface area contributed by atoms with Gasteiger partial charge in [-0.25, -0.2) is 0 Å². The fourth-order valence-corrected chi connectivity index (χ4v) is 1.42.